The maximum Gasteiger partial charge on any atom is 1.00 e. The van der Waals surface area contributed by atoms with E-state index in [-0.39, 0.29) is 29.6 Å². The van der Waals surface area contributed by atoms with Gasteiger partial charge in [-0.1, -0.05) is 36.0 Å². The van der Waals surface area contributed by atoms with Crippen LogP contribution in [0.2, 0.25) is 0 Å². The van der Waals surface area contributed by atoms with Gasteiger partial charge in [-0.25, -0.2) is 0 Å². The molecule has 0 spiro atoms. The van der Waals surface area contributed by atoms with Gasteiger partial charge in [-0.2, -0.15) is 0 Å². The number of hydrogen-bond donors (Lipinski definition) is 1. The van der Waals surface area contributed by atoms with Gasteiger partial charge >= 0.3 is 29.6 Å². The first-order valence-corrected chi connectivity index (χ1v) is 6.04. The summed E-state index contributed by atoms with van der Waals surface area (Å²) in [4.78, 5) is 3.50. The van der Waals surface area contributed by atoms with E-state index in [0.29, 0.717) is 0 Å². The maximum atomic E-state index is 4.45. The molecule has 0 aliphatic carbocycles. The second kappa shape index (κ2) is 6.77. The van der Waals surface area contributed by atoms with E-state index < -0.39 is 0 Å². The van der Waals surface area contributed by atoms with E-state index >= 15 is 0 Å². The van der Waals surface area contributed by atoms with Crippen molar-refractivity contribution < 1.29 is 29.6 Å². The molecule has 76 valence electrons. The average molecular weight is 255 g/mol. The number of thiol groups is 1. The second-order valence-corrected chi connectivity index (χ2v) is 4.98. The molecular weight excluding hydrogens is 243 g/mol. The van der Waals surface area contributed by atoms with Gasteiger partial charge in [0.25, 0.3) is 0 Å². The van der Waals surface area contributed by atoms with Crippen LogP contribution in [-0.2, 0) is 0 Å². The predicted molar refractivity (Wildman–Crippen MR) is 69.0 cm³/mol. The third kappa shape index (κ3) is 3.86. The maximum absolute atomic E-state index is 4.45. The molecule has 0 nitrogen and oxygen atoms in total. The Bertz CT molecular complexity index is 455. The molecule has 0 aliphatic rings. The molecule has 0 aliphatic heterocycles. The second-order valence-electron chi connectivity index (χ2n) is 3.39. The minimum Gasteiger partial charge on any atom is -0.142 e. The zero-order chi connectivity index (χ0) is 10.7. The normalized spacial score (nSPS) is 9.62. The molecule has 2 rings (SSSR count). The molecule has 0 N–H and O–H groups in total. The van der Waals surface area contributed by atoms with Crippen molar-refractivity contribution in [2.24, 2.45) is 0 Å². The van der Waals surface area contributed by atoms with Crippen LogP contribution in [0.3, 0.4) is 0 Å². The Hall–Kier alpha value is 0.140. The first-order chi connectivity index (χ1) is 7.25. The summed E-state index contributed by atoms with van der Waals surface area (Å²) in [6.07, 6.45) is 0. The standard InChI is InChI=1S/C13H12S2.Na/c1-10-7-8-12(14)13(9-10)15-11-5-3-2-4-6-11;/h2-9,14H,1H3;/q;+1. The van der Waals surface area contributed by atoms with Gasteiger partial charge < -0.3 is 0 Å². The van der Waals surface area contributed by atoms with E-state index in [2.05, 4.69) is 56.0 Å². The van der Waals surface area contributed by atoms with Crippen molar-refractivity contribution in [1.82, 2.24) is 0 Å². The first kappa shape index (κ1) is 14.2. The fourth-order valence-corrected chi connectivity index (χ4v) is 2.56. The Morgan fingerprint density at radius 3 is 2.38 bits per heavy atom. The Morgan fingerprint density at radius 1 is 1.00 bits per heavy atom. The number of benzene rings is 2. The quantitative estimate of drug-likeness (QED) is 0.626. The van der Waals surface area contributed by atoms with Gasteiger partial charge in [0, 0.05) is 14.7 Å². The van der Waals surface area contributed by atoms with E-state index in [1.54, 1.807) is 11.8 Å². The zero-order valence-corrected chi connectivity index (χ0v) is 13.2. The Kier molecular flexibility index (Phi) is 6.01. The molecule has 0 fully saturated rings. The van der Waals surface area contributed by atoms with Crippen LogP contribution < -0.4 is 29.6 Å². The molecule has 0 bridgehead atoms. The Morgan fingerprint density at radius 2 is 1.69 bits per heavy atom. The molecule has 3 heteroatoms. The summed E-state index contributed by atoms with van der Waals surface area (Å²) >= 11 is 6.21. The minimum atomic E-state index is 0. The molecule has 0 saturated heterocycles. The summed E-state index contributed by atoms with van der Waals surface area (Å²) in [5, 5.41) is 0. The van der Waals surface area contributed by atoms with Crippen LogP contribution in [0.1, 0.15) is 5.56 Å². The van der Waals surface area contributed by atoms with Gasteiger partial charge in [-0.05, 0) is 36.8 Å². The molecule has 0 heterocycles. The fourth-order valence-electron chi connectivity index (χ4n) is 1.32. The number of rotatable bonds is 2. The van der Waals surface area contributed by atoms with Gasteiger partial charge in [0.1, 0.15) is 0 Å². The first-order valence-electron chi connectivity index (χ1n) is 4.78. The average Bonchev–Trinajstić information content (AvgIpc) is 2.25. The fraction of sp³-hybridized carbons (Fsp3) is 0.0769. The van der Waals surface area contributed by atoms with E-state index in [4.69, 9.17) is 0 Å². The van der Waals surface area contributed by atoms with Crippen LogP contribution in [0.4, 0.5) is 0 Å². The summed E-state index contributed by atoms with van der Waals surface area (Å²) in [5.74, 6) is 0. The van der Waals surface area contributed by atoms with Crippen molar-refractivity contribution in [2.75, 3.05) is 0 Å². The van der Waals surface area contributed by atoms with Crippen LogP contribution >= 0.6 is 24.4 Å². The molecule has 2 aromatic carbocycles. The van der Waals surface area contributed by atoms with Gasteiger partial charge in [0.05, 0.1) is 0 Å². The molecular formula is C13H12NaS2+. The SMILES string of the molecule is Cc1ccc(S)c(Sc2ccccc2)c1.[Na+]. The largest absolute Gasteiger partial charge is 1.00 e. The van der Waals surface area contributed by atoms with Crippen molar-refractivity contribution >= 4 is 24.4 Å². The summed E-state index contributed by atoms with van der Waals surface area (Å²) in [6.45, 7) is 2.10. The van der Waals surface area contributed by atoms with Crippen LogP contribution in [0, 0.1) is 6.92 Å². The molecule has 0 amide bonds. The number of hydrogen-bond acceptors (Lipinski definition) is 2. The van der Waals surface area contributed by atoms with Crippen molar-refractivity contribution in [3.8, 4) is 0 Å². The summed E-state index contributed by atoms with van der Waals surface area (Å²) in [7, 11) is 0. The monoisotopic (exact) mass is 255 g/mol. The third-order valence-corrected chi connectivity index (χ3v) is 3.69. The number of aryl methyl sites for hydroxylation is 1. The molecule has 2 aromatic rings. The van der Waals surface area contributed by atoms with E-state index in [0.717, 1.165) is 4.90 Å². The van der Waals surface area contributed by atoms with E-state index in [1.165, 1.54) is 15.4 Å². The minimum absolute atomic E-state index is 0. The van der Waals surface area contributed by atoms with Crippen LogP contribution in [0.25, 0.3) is 0 Å². The van der Waals surface area contributed by atoms with Crippen molar-refractivity contribution in [3.05, 3.63) is 54.1 Å². The summed E-state index contributed by atoms with van der Waals surface area (Å²) < 4.78 is 0. The molecule has 0 atom stereocenters. The Labute approximate surface area is 129 Å². The van der Waals surface area contributed by atoms with E-state index in [9.17, 15) is 0 Å². The predicted octanol–water partition coefficient (Wildman–Crippen LogP) is 1.44. The molecule has 0 unspecified atom stereocenters. The summed E-state index contributed by atoms with van der Waals surface area (Å²) in [5.41, 5.74) is 1.27. The van der Waals surface area contributed by atoms with Crippen molar-refractivity contribution in [1.29, 1.82) is 0 Å². The third-order valence-electron chi connectivity index (χ3n) is 2.09. The van der Waals surface area contributed by atoms with Crippen molar-refractivity contribution in [3.63, 3.8) is 0 Å². The van der Waals surface area contributed by atoms with E-state index in [1.807, 2.05) is 12.1 Å². The topological polar surface area (TPSA) is 0 Å². The van der Waals surface area contributed by atoms with Crippen molar-refractivity contribution in [2.45, 2.75) is 21.6 Å². The molecule has 0 radical (unpaired) electrons. The smallest absolute Gasteiger partial charge is 0.142 e. The summed E-state index contributed by atoms with van der Waals surface area (Å²) in [6, 6.07) is 16.6. The van der Waals surface area contributed by atoms with Crippen LogP contribution in [-0.4, -0.2) is 0 Å². The molecule has 0 saturated carbocycles. The van der Waals surface area contributed by atoms with Gasteiger partial charge in [-0.3, -0.25) is 0 Å². The Balaban J connectivity index is 0.00000128. The van der Waals surface area contributed by atoms with Crippen LogP contribution in [0.15, 0.2) is 63.2 Å². The van der Waals surface area contributed by atoms with Crippen LogP contribution in [0.5, 0.6) is 0 Å². The zero-order valence-electron chi connectivity index (χ0n) is 9.47. The molecule has 16 heavy (non-hydrogen) atoms. The van der Waals surface area contributed by atoms with Gasteiger partial charge in [0.2, 0.25) is 0 Å². The van der Waals surface area contributed by atoms with Gasteiger partial charge in [0.15, 0.2) is 0 Å². The van der Waals surface area contributed by atoms with Gasteiger partial charge in [-0.15, -0.1) is 12.6 Å². The molecule has 0 aromatic heterocycles.